The van der Waals surface area contributed by atoms with Crippen LogP contribution in [0.2, 0.25) is 0 Å². The van der Waals surface area contributed by atoms with E-state index in [9.17, 15) is 0 Å². The molecule has 3 rings (SSSR count). The van der Waals surface area contributed by atoms with Crippen LogP contribution in [0.25, 0.3) is 0 Å². The molecular formula is C12H19N3S. The maximum Gasteiger partial charge on any atom is 0.0795 e. The molecule has 0 bridgehead atoms. The van der Waals surface area contributed by atoms with Crippen LogP contribution in [0.3, 0.4) is 0 Å². The maximum absolute atomic E-state index is 4.38. The predicted octanol–water partition coefficient (Wildman–Crippen LogP) is 1.57. The van der Waals surface area contributed by atoms with Gasteiger partial charge in [-0.2, -0.15) is 0 Å². The first-order valence-corrected chi connectivity index (χ1v) is 7.16. The minimum atomic E-state index is 0.931. The molecule has 1 N–H and O–H groups in total. The van der Waals surface area contributed by atoms with Gasteiger partial charge in [-0.3, -0.25) is 4.90 Å². The van der Waals surface area contributed by atoms with Crippen molar-refractivity contribution in [3.05, 3.63) is 16.6 Å². The molecule has 2 aliphatic heterocycles. The van der Waals surface area contributed by atoms with Gasteiger partial charge >= 0.3 is 0 Å². The van der Waals surface area contributed by atoms with Crippen molar-refractivity contribution in [1.82, 2.24) is 15.2 Å². The van der Waals surface area contributed by atoms with Gasteiger partial charge < -0.3 is 5.32 Å². The summed E-state index contributed by atoms with van der Waals surface area (Å²) in [5.41, 5.74) is 3.18. The van der Waals surface area contributed by atoms with Gasteiger partial charge in [-0.25, -0.2) is 4.98 Å². The van der Waals surface area contributed by atoms with E-state index in [1.54, 1.807) is 11.3 Å². The van der Waals surface area contributed by atoms with Crippen LogP contribution in [0, 0.1) is 11.8 Å². The molecule has 0 saturated carbocycles. The summed E-state index contributed by atoms with van der Waals surface area (Å²) in [5.74, 6) is 1.86. The van der Waals surface area contributed by atoms with Gasteiger partial charge in [-0.15, -0.1) is 11.3 Å². The van der Waals surface area contributed by atoms with E-state index in [0.29, 0.717) is 0 Å². The van der Waals surface area contributed by atoms with E-state index in [2.05, 4.69) is 20.6 Å². The number of likely N-dealkylation sites (tertiary alicyclic amines) is 1. The van der Waals surface area contributed by atoms with Crippen molar-refractivity contribution in [3.8, 4) is 0 Å². The van der Waals surface area contributed by atoms with Gasteiger partial charge in [0.25, 0.3) is 0 Å². The average molecular weight is 237 g/mol. The largest absolute Gasteiger partial charge is 0.316 e. The van der Waals surface area contributed by atoms with Gasteiger partial charge in [-0.05, 0) is 50.9 Å². The Balaban J connectivity index is 1.58. The highest BCUT2D eigenvalue weighted by atomic mass is 32.1. The van der Waals surface area contributed by atoms with E-state index in [1.807, 2.05) is 5.51 Å². The lowest BCUT2D eigenvalue weighted by Crippen LogP contribution is -2.25. The SMILES string of the molecule is c1nc(CN2CC[C@@H]3CNC[C@@H]3CC2)cs1. The summed E-state index contributed by atoms with van der Waals surface area (Å²) in [6.45, 7) is 6.04. The second-order valence-electron chi connectivity index (χ2n) is 5.01. The molecule has 88 valence electrons. The minimum absolute atomic E-state index is 0.931. The monoisotopic (exact) mass is 237 g/mol. The second-order valence-corrected chi connectivity index (χ2v) is 5.73. The van der Waals surface area contributed by atoms with Gasteiger partial charge in [0.1, 0.15) is 0 Å². The average Bonchev–Trinajstić information content (AvgIpc) is 2.90. The number of hydrogen-bond acceptors (Lipinski definition) is 4. The zero-order valence-electron chi connectivity index (χ0n) is 9.56. The summed E-state index contributed by atoms with van der Waals surface area (Å²) < 4.78 is 0. The minimum Gasteiger partial charge on any atom is -0.316 e. The third kappa shape index (κ3) is 2.29. The summed E-state index contributed by atoms with van der Waals surface area (Å²) >= 11 is 1.70. The molecule has 0 aromatic carbocycles. The zero-order chi connectivity index (χ0) is 10.8. The molecular weight excluding hydrogens is 218 g/mol. The van der Waals surface area contributed by atoms with Crippen molar-refractivity contribution < 1.29 is 0 Å². The summed E-state index contributed by atoms with van der Waals surface area (Å²) in [4.78, 5) is 6.95. The standard InChI is InChI=1S/C12H19N3S/c1-3-15(7-12-8-16-9-14-12)4-2-11-6-13-5-10(1)11/h8-11,13H,1-7H2/t10-,11+. The third-order valence-electron chi connectivity index (χ3n) is 3.98. The molecule has 16 heavy (non-hydrogen) atoms. The fraction of sp³-hybridized carbons (Fsp3) is 0.750. The Kier molecular flexibility index (Phi) is 3.22. The number of rotatable bonds is 2. The quantitative estimate of drug-likeness (QED) is 0.846. The van der Waals surface area contributed by atoms with Crippen LogP contribution in [0.15, 0.2) is 10.9 Å². The molecule has 4 heteroatoms. The number of fused-ring (bicyclic) bond motifs is 1. The molecule has 0 amide bonds. The van der Waals surface area contributed by atoms with E-state index in [1.165, 1.54) is 44.7 Å². The molecule has 2 fully saturated rings. The Morgan fingerprint density at radius 2 is 2.06 bits per heavy atom. The van der Waals surface area contributed by atoms with Crippen molar-refractivity contribution in [3.63, 3.8) is 0 Å². The third-order valence-corrected chi connectivity index (χ3v) is 4.62. The summed E-state index contributed by atoms with van der Waals surface area (Å²) in [6, 6.07) is 0. The smallest absolute Gasteiger partial charge is 0.0795 e. The molecule has 2 saturated heterocycles. The number of aromatic nitrogens is 1. The van der Waals surface area contributed by atoms with Gasteiger partial charge in [0.05, 0.1) is 11.2 Å². The molecule has 1 aromatic heterocycles. The van der Waals surface area contributed by atoms with Crippen LogP contribution >= 0.6 is 11.3 Å². The molecule has 3 nitrogen and oxygen atoms in total. The first kappa shape index (κ1) is 10.7. The van der Waals surface area contributed by atoms with Crippen molar-refractivity contribution in [2.45, 2.75) is 19.4 Å². The van der Waals surface area contributed by atoms with Crippen LogP contribution in [0.5, 0.6) is 0 Å². The number of hydrogen-bond donors (Lipinski definition) is 1. The van der Waals surface area contributed by atoms with Crippen molar-refractivity contribution >= 4 is 11.3 Å². The summed E-state index contributed by atoms with van der Waals surface area (Å²) in [7, 11) is 0. The number of nitrogens with zero attached hydrogens (tertiary/aromatic N) is 2. The van der Waals surface area contributed by atoms with E-state index >= 15 is 0 Å². The number of thiazole rings is 1. The highest BCUT2D eigenvalue weighted by molar-refractivity contribution is 7.07. The lowest BCUT2D eigenvalue weighted by atomic mass is 9.92. The topological polar surface area (TPSA) is 28.2 Å². The molecule has 1 aromatic rings. The van der Waals surface area contributed by atoms with Gasteiger partial charge in [0.15, 0.2) is 0 Å². The fourth-order valence-electron chi connectivity index (χ4n) is 2.97. The van der Waals surface area contributed by atoms with Crippen molar-refractivity contribution in [1.29, 1.82) is 0 Å². The zero-order valence-corrected chi connectivity index (χ0v) is 10.4. The van der Waals surface area contributed by atoms with Crippen LogP contribution in [0.4, 0.5) is 0 Å². The molecule has 0 unspecified atom stereocenters. The van der Waals surface area contributed by atoms with Gasteiger partial charge in [-0.1, -0.05) is 0 Å². The van der Waals surface area contributed by atoms with Crippen LogP contribution in [0.1, 0.15) is 18.5 Å². The molecule has 0 radical (unpaired) electrons. The Morgan fingerprint density at radius 1 is 1.31 bits per heavy atom. The first-order valence-electron chi connectivity index (χ1n) is 6.22. The lowest BCUT2D eigenvalue weighted by Gasteiger charge is -2.18. The Hall–Kier alpha value is -0.450. The summed E-state index contributed by atoms with van der Waals surface area (Å²) in [5, 5.41) is 5.70. The normalized spacial score (nSPS) is 31.2. The maximum atomic E-state index is 4.38. The van der Waals surface area contributed by atoms with Crippen LogP contribution in [-0.2, 0) is 6.54 Å². The Labute approximate surface area is 101 Å². The van der Waals surface area contributed by atoms with E-state index < -0.39 is 0 Å². The Morgan fingerprint density at radius 3 is 2.69 bits per heavy atom. The molecule has 2 atom stereocenters. The van der Waals surface area contributed by atoms with Crippen LogP contribution < -0.4 is 5.32 Å². The second kappa shape index (κ2) is 4.82. The summed E-state index contributed by atoms with van der Waals surface area (Å²) in [6.07, 6.45) is 2.73. The van der Waals surface area contributed by atoms with E-state index in [-0.39, 0.29) is 0 Å². The number of nitrogens with one attached hydrogen (secondary N) is 1. The molecule has 3 heterocycles. The van der Waals surface area contributed by atoms with Gasteiger partial charge in [0.2, 0.25) is 0 Å². The Bertz CT molecular complexity index is 311. The van der Waals surface area contributed by atoms with Crippen molar-refractivity contribution in [2.75, 3.05) is 26.2 Å². The molecule has 2 aliphatic rings. The highest BCUT2D eigenvalue weighted by Gasteiger charge is 2.29. The molecule has 0 aliphatic carbocycles. The highest BCUT2D eigenvalue weighted by Crippen LogP contribution is 2.27. The van der Waals surface area contributed by atoms with Gasteiger partial charge in [0, 0.05) is 11.9 Å². The predicted molar refractivity (Wildman–Crippen MR) is 66.5 cm³/mol. The fourth-order valence-corrected chi connectivity index (χ4v) is 3.52. The van der Waals surface area contributed by atoms with E-state index in [4.69, 9.17) is 0 Å². The molecule has 0 spiro atoms. The lowest BCUT2D eigenvalue weighted by molar-refractivity contribution is 0.267. The van der Waals surface area contributed by atoms with Crippen molar-refractivity contribution in [2.24, 2.45) is 11.8 Å². The van der Waals surface area contributed by atoms with E-state index in [0.717, 1.165) is 18.4 Å². The first-order chi connectivity index (χ1) is 7.92. The van der Waals surface area contributed by atoms with Crippen LogP contribution in [-0.4, -0.2) is 36.1 Å².